The lowest BCUT2D eigenvalue weighted by Gasteiger charge is -1.99. The summed E-state index contributed by atoms with van der Waals surface area (Å²) in [5, 5.41) is 11.2. The molecule has 6 heteroatoms. The fraction of sp³-hybridized carbons (Fsp3) is 0.400. The highest BCUT2D eigenvalue weighted by molar-refractivity contribution is 7.53. The summed E-state index contributed by atoms with van der Waals surface area (Å²) in [7, 11) is -0.122. The number of nitro groups is 1. The zero-order valence-electron chi connectivity index (χ0n) is 9.17. The van der Waals surface area contributed by atoms with Crippen molar-refractivity contribution < 1.29 is 14.2 Å². The molecule has 0 heterocycles. The largest absolute Gasteiger partial charge is 0.490 e. The Bertz CT molecular complexity index is 419. The molecule has 0 saturated carbocycles. The second-order valence-electron chi connectivity index (χ2n) is 3.22. The molecule has 16 heavy (non-hydrogen) atoms. The first-order chi connectivity index (χ1) is 7.60. The third-order valence-corrected chi connectivity index (χ3v) is 3.78. The van der Waals surface area contributed by atoms with Crippen LogP contribution in [0.15, 0.2) is 18.2 Å². The van der Waals surface area contributed by atoms with Crippen LogP contribution in [0.5, 0.6) is 5.75 Å². The molecule has 0 aliphatic heterocycles. The molecule has 0 aromatic heterocycles. The molecule has 0 saturated heterocycles. The monoisotopic (exact) mass is 242 g/mol. The highest BCUT2D eigenvalue weighted by Crippen LogP contribution is 2.29. The van der Waals surface area contributed by atoms with Gasteiger partial charge in [-0.3, -0.25) is 10.1 Å². The summed E-state index contributed by atoms with van der Waals surface area (Å²) < 4.78 is 16.6. The summed E-state index contributed by atoms with van der Waals surface area (Å²) in [5.74, 6) is 0.155. The topological polar surface area (TPSA) is 69.4 Å². The Hall–Kier alpha value is -1.48. The van der Waals surface area contributed by atoms with E-state index in [4.69, 9.17) is 4.74 Å². The minimum atomic E-state index is -1.48. The van der Waals surface area contributed by atoms with E-state index >= 15 is 0 Å². The average molecular weight is 242 g/mol. The van der Waals surface area contributed by atoms with E-state index in [2.05, 4.69) is 0 Å². The fourth-order valence-electron chi connectivity index (χ4n) is 1.30. The maximum Gasteiger partial charge on any atom is 0.376 e. The smallest absolute Gasteiger partial charge is 0.376 e. The molecule has 0 aliphatic rings. The number of ether oxygens (including phenoxy) is 1. The first-order valence-electron chi connectivity index (χ1n) is 4.87. The van der Waals surface area contributed by atoms with Crippen molar-refractivity contribution in [2.24, 2.45) is 0 Å². The van der Waals surface area contributed by atoms with Gasteiger partial charge in [-0.1, -0.05) is 11.5 Å². The first-order valence-corrected chi connectivity index (χ1v) is 6.31. The zero-order valence-corrected chi connectivity index (χ0v) is 10.1. The van der Waals surface area contributed by atoms with Gasteiger partial charge in [-0.15, -0.1) is 0 Å². The van der Waals surface area contributed by atoms with Gasteiger partial charge >= 0.3 is 13.5 Å². The third kappa shape index (κ3) is 2.76. The average Bonchev–Trinajstić information content (AvgIpc) is 2.28. The van der Waals surface area contributed by atoms with Crippen molar-refractivity contribution >= 4 is 18.8 Å². The summed E-state index contributed by atoms with van der Waals surface area (Å²) >= 11 is 0. The van der Waals surface area contributed by atoms with E-state index in [-0.39, 0.29) is 11.4 Å². The highest BCUT2D eigenvalue weighted by Gasteiger charge is 2.23. The molecular weight excluding hydrogens is 229 g/mol. The van der Waals surface area contributed by atoms with Crippen molar-refractivity contribution in [3.8, 4) is 5.75 Å². The van der Waals surface area contributed by atoms with Crippen LogP contribution in [0.25, 0.3) is 0 Å². The van der Waals surface area contributed by atoms with E-state index in [1.165, 1.54) is 25.3 Å². The molecule has 0 spiro atoms. The van der Waals surface area contributed by atoms with Gasteiger partial charge in [-0.25, -0.2) is 0 Å². The molecule has 1 unspecified atom stereocenters. The molecule has 1 atom stereocenters. The van der Waals surface area contributed by atoms with Gasteiger partial charge in [0.05, 0.1) is 12.0 Å². The van der Waals surface area contributed by atoms with Crippen molar-refractivity contribution in [1.82, 2.24) is 0 Å². The van der Waals surface area contributed by atoms with Crippen LogP contribution in [0, 0.1) is 10.1 Å². The number of methoxy groups -OCH3 is 1. The molecule has 0 fully saturated rings. The van der Waals surface area contributed by atoms with Gasteiger partial charge in [0.1, 0.15) is 0 Å². The number of rotatable bonds is 5. The number of nitrogens with zero attached hydrogens (tertiary/aromatic N) is 1. The van der Waals surface area contributed by atoms with E-state index in [1.54, 1.807) is 0 Å². The van der Waals surface area contributed by atoms with Crippen LogP contribution in [0.4, 0.5) is 5.69 Å². The normalized spacial score (nSPS) is 11.0. The summed E-state index contributed by atoms with van der Waals surface area (Å²) in [6, 6.07) is 4.33. The van der Waals surface area contributed by atoms with E-state index in [1.807, 2.05) is 6.92 Å². The predicted molar refractivity (Wildman–Crippen MR) is 62.0 cm³/mol. The Kier molecular flexibility index (Phi) is 4.38. The minimum absolute atomic E-state index is 0.105. The van der Waals surface area contributed by atoms with Crippen molar-refractivity contribution in [2.75, 3.05) is 13.3 Å². The summed E-state index contributed by atoms with van der Waals surface area (Å²) in [4.78, 5) is 10.1. The van der Waals surface area contributed by atoms with Crippen LogP contribution < -0.4 is 10.0 Å². The van der Waals surface area contributed by atoms with Gasteiger partial charge in [0.25, 0.3) is 0 Å². The molecule has 0 radical (unpaired) electrons. The van der Waals surface area contributed by atoms with Gasteiger partial charge in [-0.2, -0.15) is 0 Å². The molecule has 0 N–H and O–H groups in total. The minimum Gasteiger partial charge on any atom is -0.490 e. The van der Waals surface area contributed by atoms with Gasteiger partial charge in [-0.05, 0) is 12.5 Å². The summed E-state index contributed by atoms with van der Waals surface area (Å²) in [5.41, 5.74) is -0.105. The maximum atomic E-state index is 11.7. The van der Waals surface area contributed by atoms with Crippen LogP contribution >= 0.6 is 7.80 Å². The Balaban J connectivity index is 3.08. The van der Waals surface area contributed by atoms with Crippen molar-refractivity contribution in [2.45, 2.75) is 13.3 Å². The van der Waals surface area contributed by atoms with E-state index in [0.29, 0.717) is 11.5 Å². The van der Waals surface area contributed by atoms with E-state index < -0.39 is 12.7 Å². The predicted octanol–water partition coefficient (Wildman–Crippen LogP) is 2.47. The van der Waals surface area contributed by atoms with Crippen molar-refractivity contribution in [3.05, 3.63) is 28.3 Å². The van der Waals surface area contributed by atoms with Crippen LogP contribution in [0.1, 0.15) is 13.3 Å². The molecule has 1 rings (SSSR count). The summed E-state index contributed by atoms with van der Waals surface area (Å²) in [6.07, 6.45) is 1.39. The third-order valence-electron chi connectivity index (χ3n) is 2.07. The highest BCUT2D eigenvalue weighted by atomic mass is 31.1. The van der Waals surface area contributed by atoms with Crippen LogP contribution in [0.2, 0.25) is 0 Å². The lowest BCUT2D eigenvalue weighted by atomic mass is 10.3. The van der Waals surface area contributed by atoms with E-state index in [0.717, 1.165) is 6.42 Å². The van der Waals surface area contributed by atoms with Gasteiger partial charge < -0.3 is 4.74 Å². The number of hydrogen-bond donors (Lipinski definition) is 0. The first kappa shape index (κ1) is 12.6. The lowest BCUT2D eigenvalue weighted by Crippen LogP contribution is -2.02. The molecule has 1 aromatic rings. The molecule has 0 bridgehead atoms. The molecular formula is C10H13NO4P+. The van der Waals surface area contributed by atoms with Gasteiger partial charge in [0.2, 0.25) is 5.75 Å². The Labute approximate surface area is 94.4 Å². The Morgan fingerprint density at radius 1 is 1.50 bits per heavy atom. The second-order valence-corrected chi connectivity index (χ2v) is 4.94. The second kappa shape index (κ2) is 5.56. The Morgan fingerprint density at radius 2 is 2.19 bits per heavy atom. The molecule has 0 aliphatic carbocycles. The SMILES string of the molecule is CCC[P+](=O)c1ccc([N+](=O)[O-])c(OC)c1. The maximum absolute atomic E-state index is 11.7. The van der Waals surface area contributed by atoms with Crippen molar-refractivity contribution in [1.29, 1.82) is 0 Å². The summed E-state index contributed by atoms with van der Waals surface area (Å²) in [6.45, 7) is 1.94. The molecule has 5 nitrogen and oxygen atoms in total. The van der Waals surface area contributed by atoms with E-state index in [9.17, 15) is 14.7 Å². The standard InChI is InChI=1S/C10H13NO4P/c1-3-6-16(14)8-4-5-9(11(12)13)10(7-8)15-2/h4-5,7H,3,6H2,1-2H3/q+1. The fourth-order valence-corrected chi connectivity index (χ4v) is 2.47. The Morgan fingerprint density at radius 3 is 2.69 bits per heavy atom. The van der Waals surface area contributed by atoms with Gasteiger partial charge in [0.15, 0.2) is 11.5 Å². The molecule has 1 aromatic carbocycles. The van der Waals surface area contributed by atoms with Crippen LogP contribution in [-0.2, 0) is 4.57 Å². The molecule has 0 amide bonds. The van der Waals surface area contributed by atoms with Crippen LogP contribution in [0.3, 0.4) is 0 Å². The zero-order chi connectivity index (χ0) is 12.1. The number of hydrogen-bond acceptors (Lipinski definition) is 4. The van der Waals surface area contributed by atoms with Crippen LogP contribution in [-0.4, -0.2) is 18.2 Å². The number of benzene rings is 1. The van der Waals surface area contributed by atoms with Gasteiger partial charge in [0, 0.05) is 12.1 Å². The van der Waals surface area contributed by atoms with Crippen molar-refractivity contribution in [3.63, 3.8) is 0 Å². The lowest BCUT2D eigenvalue weighted by molar-refractivity contribution is -0.385. The quantitative estimate of drug-likeness (QED) is 0.451. The number of nitro benzene ring substituents is 1. The molecule has 86 valence electrons.